The van der Waals surface area contributed by atoms with Crippen LogP contribution in [0.4, 0.5) is 0 Å². The van der Waals surface area contributed by atoms with Gasteiger partial charge in [0, 0.05) is 6.54 Å². The largest absolute Gasteiger partial charge is 0.297 e. The number of hydrogen-bond donors (Lipinski definition) is 1. The fourth-order valence-corrected chi connectivity index (χ4v) is 1.44. The highest BCUT2D eigenvalue weighted by Crippen LogP contribution is 1.98. The Morgan fingerprint density at radius 1 is 1.60 bits per heavy atom. The van der Waals surface area contributed by atoms with Crippen LogP contribution in [-0.2, 0) is 13.1 Å². The Morgan fingerprint density at radius 3 is 3.00 bits per heavy atom. The van der Waals surface area contributed by atoms with Crippen LogP contribution in [0.3, 0.4) is 0 Å². The maximum atomic E-state index is 5.41. The maximum absolute atomic E-state index is 5.41. The zero-order valence-corrected chi connectivity index (χ0v) is 9.40. The zero-order valence-electron chi connectivity index (χ0n) is 9.40. The summed E-state index contributed by atoms with van der Waals surface area (Å²) >= 11 is 0. The molecule has 15 heavy (non-hydrogen) atoms. The molecule has 4 nitrogen and oxygen atoms in total. The number of aromatic nitrogens is 3. The summed E-state index contributed by atoms with van der Waals surface area (Å²) in [7, 11) is 0. The Morgan fingerprint density at radius 2 is 2.40 bits per heavy atom. The van der Waals surface area contributed by atoms with Gasteiger partial charge >= 0.3 is 0 Å². The third-order valence-corrected chi connectivity index (χ3v) is 2.28. The van der Waals surface area contributed by atoms with Crippen molar-refractivity contribution in [3.63, 3.8) is 0 Å². The van der Waals surface area contributed by atoms with Crippen LogP contribution >= 0.6 is 0 Å². The molecule has 0 fully saturated rings. The third-order valence-electron chi connectivity index (χ3n) is 2.28. The van der Waals surface area contributed by atoms with Gasteiger partial charge in [-0.3, -0.25) is 5.32 Å². The molecule has 0 radical (unpaired) electrons. The van der Waals surface area contributed by atoms with E-state index < -0.39 is 0 Å². The molecule has 0 saturated heterocycles. The Hall–Kier alpha value is -1.34. The number of terminal acetylenes is 1. The van der Waals surface area contributed by atoms with Crippen molar-refractivity contribution in [2.75, 3.05) is 0 Å². The lowest BCUT2D eigenvalue weighted by Crippen LogP contribution is -2.28. The lowest BCUT2D eigenvalue weighted by molar-refractivity contribution is 0.521. The Bertz CT molecular complexity index is 324. The van der Waals surface area contributed by atoms with Crippen molar-refractivity contribution in [1.82, 2.24) is 20.1 Å². The second kappa shape index (κ2) is 6.20. The van der Waals surface area contributed by atoms with E-state index in [1.54, 1.807) is 6.33 Å². The Balaban J connectivity index is 2.45. The van der Waals surface area contributed by atoms with Gasteiger partial charge in [-0.1, -0.05) is 19.3 Å². The van der Waals surface area contributed by atoms with Gasteiger partial charge in [-0.2, -0.15) is 5.10 Å². The minimum Gasteiger partial charge on any atom is -0.297 e. The Kier molecular flexibility index (Phi) is 4.85. The molecule has 0 aromatic carbocycles. The molecule has 1 aromatic heterocycles. The van der Waals surface area contributed by atoms with E-state index >= 15 is 0 Å². The SMILES string of the molecule is C#CC(CCC)NCc1ncnn1CC. The van der Waals surface area contributed by atoms with Gasteiger partial charge in [-0.15, -0.1) is 6.42 Å². The van der Waals surface area contributed by atoms with Gasteiger partial charge < -0.3 is 0 Å². The van der Waals surface area contributed by atoms with Crippen molar-refractivity contribution in [1.29, 1.82) is 0 Å². The third kappa shape index (κ3) is 3.37. The molecule has 0 bridgehead atoms. The lowest BCUT2D eigenvalue weighted by Gasteiger charge is -2.11. The van der Waals surface area contributed by atoms with E-state index in [0.717, 1.165) is 25.2 Å². The molecule has 0 aliphatic carbocycles. The normalized spacial score (nSPS) is 12.3. The minimum atomic E-state index is 0.136. The lowest BCUT2D eigenvalue weighted by atomic mass is 10.2. The van der Waals surface area contributed by atoms with E-state index in [1.165, 1.54) is 0 Å². The molecule has 1 rings (SSSR count). The Labute approximate surface area is 91.1 Å². The van der Waals surface area contributed by atoms with Gasteiger partial charge in [-0.05, 0) is 13.3 Å². The first-order chi connectivity index (χ1) is 7.31. The smallest absolute Gasteiger partial charge is 0.140 e. The van der Waals surface area contributed by atoms with E-state index in [0.29, 0.717) is 6.54 Å². The summed E-state index contributed by atoms with van der Waals surface area (Å²) in [6.07, 6.45) is 9.07. The predicted molar refractivity (Wildman–Crippen MR) is 60.1 cm³/mol. The molecule has 0 amide bonds. The number of nitrogens with zero attached hydrogens (tertiary/aromatic N) is 3. The van der Waals surface area contributed by atoms with Gasteiger partial charge in [0.15, 0.2) is 0 Å². The topological polar surface area (TPSA) is 42.7 Å². The van der Waals surface area contributed by atoms with Crippen LogP contribution in [0.25, 0.3) is 0 Å². The fourth-order valence-electron chi connectivity index (χ4n) is 1.44. The van der Waals surface area contributed by atoms with Crippen molar-refractivity contribution >= 4 is 0 Å². The number of hydrogen-bond acceptors (Lipinski definition) is 3. The summed E-state index contributed by atoms with van der Waals surface area (Å²) in [6, 6.07) is 0.136. The second-order valence-electron chi connectivity index (χ2n) is 3.38. The van der Waals surface area contributed by atoms with Crippen LogP contribution in [0.1, 0.15) is 32.5 Å². The van der Waals surface area contributed by atoms with Crippen LogP contribution < -0.4 is 5.32 Å². The summed E-state index contributed by atoms with van der Waals surface area (Å²) in [6.45, 7) is 5.69. The maximum Gasteiger partial charge on any atom is 0.140 e. The first-order valence-electron chi connectivity index (χ1n) is 5.38. The van der Waals surface area contributed by atoms with Crippen LogP contribution in [0.2, 0.25) is 0 Å². The molecule has 1 atom stereocenters. The average molecular weight is 206 g/mol. The van der Waals surface area contributed by atoms with Gasteiger partial charge in [0.1, 0.15) is 12.2 Å². The molecule has 0 aliphatic rings. The molecule has 1 heterocycles. The molecular formula is C11H18N4. The first-order valence-corrected chi connectivity index (χ1v) is 5.38. The summed E-state index contributed by atoms with van der Waals surface area (Å²) in [4.78, 5) is 4.17. The molecule has 82 valence electrons. The summed E-state index contributed by atoms with van der Waals surface area (Å²) in [5, 5.41) is 7.39. The second-order valence-corrected chi connectivity index (χ2v) is 3.38. The van der Waals surface area contributed by atoms with Gasteiger partial charge in [-0.25, -0.2) is 9.67 Å². The van der Waals surface area contributed by atoms with E-state index in [1.807, 2.05) is 11.6 Å². The highest BCUT2D eigenvalue weighted by atomic mass is 15.3. The van der Waals surface area contributed by atoms with Crippen molar-refractivity contribution in [3.8, 4) is 12.3 Å². The quantitative estimate of drug-likeness (QED) is 0.711. The molecule has 0 spiro atoms. The molecule has 0 aliphatic heterocycles. The monoisotopic (exact) mass is 206 g/mol. The van der Waals surface area contributed by atoms with Crippen molar-refractivity contribution in [3.05, 3.63) is 12.2 Å². The molecule has 1 aromatic rings. The van der Waals surface area contributed by atoms with Crippen LogP contribution in [0.5, 0.6) is 0 Å². The number of aryl methyl sites for hydroxylation is 1. The predicted octanol–water partition coefficient (Wildman–Crippen LogP) is 1.19. The van der Waals surface area contributed by atoms with Crippen LogP contribution in [0, 0.1) is 12.3 Å². The van der Waals surface area contributed by atoms with Gasteiger partial charge in [0.05, 0.1) is 12.6 Å². The number of rotatable bonds is 6. The van der Waals surface area contributed by atoms with Gasteiger partial charge in [0.25, 0.3) is 0 Å². The molecule has 1 unspecified atom stereocenters. The zero-order chi connectivity index (χ0) is 11.1. The molecule has 4 heteroatoms. The van der Waals surface area contributed by atoms with Crippen LogP contribution in [0.15, 0.2) is 6.33 Å². The van der Waals surface area contributed by atoms with Crippen molar-refractivity contribution < 1.29 is 0 Å². The summed E-state index contributed by atoms with van der Waals surface area (Å²) in [5.41, 5.74) is 0. The molecule has 0 saturated carbocycles. The number of nitrogens with one attached hydrogen (secondary N) is 1. The highest BCUT2D eigenvalue weighted by molar-refractivity contribution is 4.99. The van der Waals surface area contributed by atoms with Crippen molar-refractivity contribution in [2.45, 2.75) is 45.8 Å². The first kappa shape index (κ1) is 11.7. The molecule has 1 N–H and O–H groups in total. The average Bonchev–Trinajstić information content (AvgIpc) is 2.71. The van der Waals surface area contributed by atoms with E-state index in [2.05, 4.69) is 28.2 Å². The van der Waals surface area contributed by atoms with Crippen molar-refractivity contribution in [2.24, 2.45) is 0 Å². The molecular weight excluding hydrogens is 188 g/mol. The van der Waals surface area contributed by atoms with E-state index in [4.69, 9.17) is 6.42 Å². The van der Waals surface area contributed by atoms with E-state index in [9.17, 15) is 0 Å². The van der Waals surface area contributed by atoms with E-state index in [-0.39, 0.29) is 6.04 Å². The van der Waals surface area contributed by atoms with Gasteiger partial charge in [0.2, 0.25) is 0 Å². The summed E-state index contributed by atoms with van der Waals surface area (Å²) < 4.78 is 1.87. The fraction of sp³-hybridized carbons (Fsp3) is 0.636. The van der Waals surface area contributed by atoms with Crippen LogP contribution in [-0.4, -0.2) is 20.8 Å². The standard InChI is InChI=1S/C11H18N4/c1-4-7-10(5-2)12-8-11-13-9-14-15(11)6-3/h2,9-10,12H,4,6-8H2,1,3H3. The highest BCUT2D eigenvalue weighted by Gasteiger charge is 2.06. The summed E-state index contributed by atoms with van der Waals surface area (Å²) in [5.74, 6) is 3.67. The minimum absolute atomic E-state index is 0.136.